The standard InChI is InChI=1S/C19H22ClNO4S/c1-18(2,26(24,25)12-5-3-11(20)4-6-12)17(22)21-16-14-9-19(23)8-7-13(14)15(16)10-19/h3-7,14-16,23H,8-10H2,1-2H3,(H,21,22)/t14-,15+,16?,19?. The maximum Gasteiger partial charge on any atom is 0.241 e. The fraction of sp³-hybridized carbons (Fsp3) is 0.526. The third kappa shape index (κ3) is 2.46. The molecule has 0 aliphatic heterocycles. The van der Waals surface area contributed by atoms with Gasteiger partial charge >= 0.3 is 0 Å². The zero-order chi connectivity index (χ0) is 18.9. The third-order valence-corrected chi connectivity index (χ3v) is 8.95. The lowest BCUT2D eigenvalue weighted by Gasteiger charge is -2.60. The maximum absolute atomic E-state index is 13.0. The third-order valence-electron chi connectivity index (χ3n) is 6.28. The van der Waals surface area contributed by atoms with Crippen LogP contribution in [0, 0.1) is 11.8 Å². The highest BCUT2D eigenvalue weighted by atomic mass is 35.5. The molecule has 1 aromatic rings. The topological polar surface area (TPSA) is 83.5 Å². The van der Waals surface area contributed by atoms with Crippen LogP contribution >= 0.6 is 11.6 Å². The molecule has 4 atom stereocenters. The van der Waals surface area contributed by atoms with Gasteiger partial charge in [0.05, 0.1) is 10.5 Å². The van der Waals surface area contributed by atoms with Crippen molar-refractivity contribution in [1.29, 1.82) is 0 Å². The van der Waals surface area contributed by atoms with Crippen molar-refractivity contribution in [2.24, 2.45) is 11.8 Å². The summed E-state index contributed by atoms with van der Waals surface area (Å²) in [5, 5.41) is 13.9. The van der Waals surface area contributed by atoms with E-state index in [0.29, 0.717) is 24.3 Å². The Morgan fingerprint density at radius 2 is 1.81 bits per heavy atom. The molecule has 3 fully saturated rings. The van der Waals surface area contributed by atoms with E-state index in [1.165, 1.54) is 43.7 Å². The number of nitrogens with one attached hydrogen (secondary N) is 1. The molecule has 2 N–H and O–H groups in total. The van der Waals surface area contributed by atoms with Gasteiger partial charge in [0, 0.05) is 22.9 Å². The Morgan fingerprint density at radius 3 is 2.35 bits per heavy atom. The number of halogens is 1. The van der Waals surface area contributed by atoms with Crippen LogP contribution in [-0.2, 0) is 14.6 Å². The van der Waals surface area contributed by atoms with Gasteiger partial charge in [-0.3, -0.25) is 4.79 Å². The van der Waals surface area contributed by atoms with Crippen molar-refractivity contribution in [2.75, 3.05) is 0 Å². The Bertz CT molecular complexity index is 888. The van der Waals surface area contributed by atoms with Crippen molar-refractivity contribution in [3.63, 3.8) is 0 Å². The molecule has 2 unspecified atom stereocenters. The van der Waals surface area contributed by atoms with Gasteiger partial charge in [0.25, 0.3) is 0 Å². The molecule has 0 saturated heterocycles. The van der Waals surface area contributed by atoms with Crippen LogP contribution in [0.4, 0.5) is 0 Å². The average molecular weight is 396 g/mol. The lowest BCUT2D eigenvalue weighted by molar-refractivity contribution is -0.129. The molecule has 0 radical (unpaired) electrons. The van der Waals surface area contributed by atoms with E-state index in [-0.39, 0.29) is 22.8 Å². The Hall–Kier alpha value is -1.37. The molecule has 0 spiro atoms. The highest BCUT2D eigenvalue weighted by molar-refractivity contribution is 7.93. The second-order valence-electron chi connectivity index (χ2n) is 8.22. The summed E-state index contributed by atoms with van der Waals surface area (Å²) in [6.45, 7) is 2.86. The smallest absolute Gasteiger partial charge is 0.241 e. The molecule has 3 saturated carbocycles. The SMILES string of the molecule is CC(C)(C(=O)NC1[C@@H]2CC3(O)CC=C2[C@@H]1C3)S(=O)(=O)c1ccc(Cl)cc1. The molecule has 6 rings (SSSR count). The van der Waals surface area contributed by atoms with Crippen molar-refractivity contribution in [2.45, 2.75) is 54.4 Å². The van der Waals surface area contributed by atoms with E-state index in [0.717, 1.165) is 0 Å². The van der Waals surface area contributed by atoms with Gasteiger partial charge in [-0.15, -0.1) is 0 Å². The molecule has 140 valence electrons. The largest absolute Gasteiger partial charge is 0.390 e. The predicted octanol–water partition coefficient (Wildman–Crippen LogP) is 2.48. The van der Waals surface area contributed by atoms with Gasteiger partial charge in [-0.1, -0.05) is 23.3 Å². The second kappa shape index (κ2) is 5.57. The van der Waals surface area contributed by atoms with Crippen LogP contribution < -0.4 is 5.32 Å². The van der Waals surface area contributed by atoms with Crippen molar-refractivity contribution in [1.82, 2.24) is 5.32 Å². The van der Waals surface area contributed by atoms with Crippen LogP contribution in [0.2, 0.25) is 5.02 Å². The van der Waals surface area contributed by atoms with E-state index in [1.807, 2.05) is 0 Å². The average Bonchev–Trinajstić information content (AvgIpc) is 2.59. The summed E-state index contributed by atoms with van der Waals surface area (Å²) in [5.41, 5.74) is 0.660. The predicted molar refractivity (Wildman–Crippen MR) is 98.5 cm³/mol. The highest BCUT2D eigenvalue weighted by Gasteiger charge is 2.59. The molecule has 0 aromatic heterocycles. The van der Waals surface area contributed by atoms with E-state index in [2.05, 4.69) is 11.4 Å². The van der Waals surface area contributed by atoms with Crippen molar-refractivity contribution >= 4 is 27.3 Å². The van der Waals surface area contributed by atoms with Crippen molar-refractivity contribution in [3.05, 3.63) is 40.9 Å². The Balaban J connectivity index is 1.54. The first-order valence-corrected chi connectivity index (χ1v) is 10.6. The number of aliphatic hydroxyl groups is 1. The minimum Gasteiger partial charge on any atom is -0.390 e. The summed E-state index contributed by atoms with van der Waals surface area (Å²) in [5.74, 6) is -0.242. The van der Waals surface area contributed by atoms with Crippen LogP contribution in [0.5, 0.6) is 0 Å². The normalized spacial score (nSPS) is 32.6. The van der Waals surface area contributed by atoms with E-state index in [9.17, 15) is 18.3 Å². The summed E-state index contributed by atoms with van der Waals surface area (Å²) in [4.78, 5) is 12.9. The summed E-state index contributed by atoms with van der Waals surface area (Å²) in [6.07, 6.45) is 4.06. The minimum absolute atomic E-state index is 0.0759. The molecular weight excluding hydrogens is 374 g/mol. The fourth-order valence-electron chi connectivity index (χ4n) is 4.58. The number of amides is 1. The van der Waals surface area contributed by atoms with Gasteiger partial charge in [0.2, 0.25) is 5.91 Å². The highest BCUT2D eigenvalue weighted by Crippen LogP contribution is 2.58. The summed E-state index contributed by atoms with van der Waals surface area (Å²) >= 11 is 5.83. The number of sulfone groups is 1. The fourth-order valence-corrected chi connectivity index (χ4v) is 6.09. The zero-order valence-electron chi connectivity index (χ0n) is 14.7. The van der Waals surface area contributed by atoms with E-state index < -0.39 is 26.1 Å². The van der Waals surface area contributed by atoms with Crippen LogP contribution in [0.1, 0.15) is 33.1 Å². The number of carbonyl (C=O) groups excluding carboxylic acids is 1. The number of rotatable bonds is 4. The lowest BCUT2D eigenvalue weighted by atomic mass is 9.49. The molecule has 5 aliphatic carbocycles. The van der Waals surface area contributed by atoms with E-state index in [4.69, 9.17) is 11.6 Å². The molecular formula is C19H22ClNO4S. The van der Waals surface area contributed by atoms with Crippen molar-refractivity contribution < 1.29 is 18.3 Å². The molecule has 5 nitrogen and oxygen atoms in total. The van der Waals surface area contributed by atoms with E-state index >= 15 is 0 Å². The Morgan fingerprint density at radius 1 is 1.23 bits per heavy atom. The summed E-state index contributed by atoms with van der Waals surface area (Å²) in [7, 11) is -3.86. The molecule has 7 heteroatoms. The zero-order valence-corrected chi connectivity index (χ0v) is 16.3. The van der Waals surface area contributed by atoms with Gasteiger partial charge < -0.3 is 10.4 Å². The lowest BCUT2D eigenvalue weighted by Crippen LogP contribution is -2.67. The first-order chi connectivity index (χ1) is 12.1. The number of fused-ring (bicyclic) bond motifs is 1. The van der Waals surface area contributed by atoms with Gasteiger partial charge in [-0.2, -0.15) is 0 Å². The molecule has 0 heterocycles. The quantitative estimate of drug-likeness (QED) is 0.767. The molecule has 1 aromatic carbocycles. The van der Waals surface area contributed by atoms with Crippen LogP contribution in [0.25, 0.3) is 0 Å². The minimum atomic E-state index is -3.86. The molecule has 1 amide bonds. The number of hydrogen-bond donors (Lipinski definition) is 2. The van der Waals surface area contributed by atoms with Crippen LogP contribution in [0.3, 0.4) is 0 Å². The molecule has 26 heavy (non-hydrogen) atoms. The maximum atomic E-state index is 13.0. The Labute approximate surface area is 158 Å². The second-order valence-corrected chi connectivity index (χ2v) is 11.2. The summed E-state index contributed by atoms with van der Waals surface area (Å²) < 4.78 is 24.3. The number of carbonyl (C=O) groups is 1. The number of benzene rings is 1. The Kier molecular flexibility index (Phi) is 3.86. The number of hydrogen-bond acceptors (Lipinski definition) is 4. The first kappa shape index (κ1) is 18.0. The van der Waals surface area contributed by atoms with Gasteiger partial charge in [0.15, 0.2) is 9.84 Å². The van der Waals surface area contributed by atoms with Gasteiger partial charge in [-0.05, 0) is 57.4 Å². The monoisotopic (exact) mass is 395 g/mol. The first-order valence-electron chi connectivity index (χ1n) is 8.79. The van der Waals surface area contributed by atoms with Crippen LogP contribution in [0.15, 0.2) is 40.8 Å². The summed E-state index contributed by atoms with van der Waals surface area (Å²) in [6, 6.07) is 5.76. The van der Waals surface area contributed by atoms with Gasteiger partial charge in [-0.25, -0.2) is 8.42 Å². The van der Waals surface area contributed by atoms with Gasteiger partial charge in [0.1, 0.15) is 4.75 Å². The van der Waals surface area contributed by atoms with E-state index in [1.54, 1.807) is 0 Å². The van der Waals surface area contributed by atoms with Crippen LogP contribution in [-0.4, -0.2) is 35.8 Å². The molecule has 4 bridgehead atoms. The molecule has 5 aliphatic rings. The van der Waals surface area contributed by atoms with Crippen molar-refractivity contribution in [3.8, 4) is 0 Å².